The highest BCUT2D eigenvalue weighted by molar-refractivity contribution is 6.17. The van der Waals surface area contributed by atoms with Crippen molar-refractivity contribution in [3.05, 3.63) is 194 Å². The predicted molar refractivity (Wildman–Crippen MR) is 229 cm³/mol. The van der Waals surface area contributed by atoms with E-state index in [2.05, 4.69) is 120 Å². The monoisotopic (exact) mass is 716 g/mol. The fraction of sp³-hybridized carbons (Fsp3) is 0. The molecule has 56 heavy (non-hydrogen) atoms. The Morgan fingerprint density at radius 2 is 0.929 bits per heavy atom. The van der Waals surface area contributed by atoms with Gasteiger partial charge in [-0.2, -0.15) is 0 Å². The third-order valence-corrected chi connectivity index (χ3v) is 10.6. The molecule has 0 atom stereocenters. The van der Waals surface area contributed by atoms with Gasteiger partial charge in [-0.1, -0.05) is 158 Å². The maximum Gasteiger partial charge on any atom is 0.164 e. The SMILES string of the molecule is c1ccc(-c2ccc3c(c2)c2ccccc2n3-c2cc(-c3ccccc3)c3oc4cccc(-c5nc(-c6ccccc6)nc(-c6ccccc6)n5)c4c3c2)cc1. The van der Waals surface area contributed by atoms with Crippen LogP contribution in [0, 0.1) is 0 Å². The van der Waals surface area contributed by atoms with Gasteiger partial charge in [-0.15, -0.1) is 0 Å². The van der Waals surface area contributed by atoms with E-state index < -0.39 is 0 Å². The fourth-order valence-corrected chi connectivity index (χ4v) is 8.05. The largest absolute Gasteiger partial charge is 0.455 e. The molecule has 0 N–H and O–H groups in total. The normalized spacial score (nSPS) is 11.6. The van der Waals surface area contributed by atoms with E-state index in [9.17, 15) is 0 Å². The summed E-state index contributed by atoms with van der Waals surface area (Å²) < 4.78 is 9.25. The number of para-hydroxylation sites is 1. The van der Waals surface area contributed by atoms with Gasteiger partial charge in [-0.05, 0) is 53.1 Å². The van der Waals surface area contributed by atoms with E-state index >= 15 is 0 Å². The van der Waals surface area contributed by atoms with Gasteiger partial charge in [-0.3, -0.25) is 0 Å². The Hall–Kier alpha value is -7.63. The number of furan rings is 1. The van der Waals surface area contributed by atoms with Gasteiger partial charge in [0, 0.05) is 49.5 Å². The highest BCUT2D eigenvalue weighted by atomic mass is 16.3. The van der Waals surface area contributed by atoms with Gasteiger partial charge in [0.1, 0.15) is 11.2 Å². The first kappa shape index (κ1) is 31.9. The summed E-state index contributed by atoms with van der Waals surface area (Å²) in [6.07, 6.45) is 0. The molecular weight excluding hydrogens is 685 g/mol. The summed E-state index contributed by atoms with van der Waals surface area (Å²) in [5.41, 5.74) is 12.1. The van der Waals surface area contributed by atoms with Crippen LogP contribution in [0.5, 0.6) is 0 Å². The van der Waals surface area contributed by atoms with Gasteiger partial charge in [-0.25, -0.2) is 15.0 Å². The molecule has 0 aliphatic heterocycles. The Morgan fingerprint density at radius 1 is 0.357 bits per heavy atom. The number of hydrogen-bond donors (Lipinski definition) is 0. The molecule has 0 aliphatic carbocycles. The topological polar surface area (TPSA) is 56.7 Å². The van der Waals surface area contributed by atoms with E-state index in [1.807, 2.05) is 78.9 Å². The van der Waals surface area contributed by atoms with Crippen molar-refractivity contribution in [2.45, 2.75) is 0 Å². The maximum atomic E-state index is 6.86. The minimum atomic E-state index is 0.586. The lowest BCUT2D eigenvalue weighted by molar-refractivity contribution is 0.670. The third-order valence-electron chi connectivity index (χ3n) is 10.6. The number of hydrogen-bond acceptors (Lipinski definition) is 4. The van der Waals surface area contributed by atoms with Gasteiger partial charge in [0.15, 0.2) is 17.5 Å². The molecule has 0 unspecified atom stereocenters. The molecule has 3 aromatic heterocycles. The van der Waals surface area contributed by atoms with Crippen LogP contribution in [0.15, 0.2) is 199 Å². The standard InChI is InChI=1S/C51H32N4O/c1-5-16-33(17-6-1)37-28-29-45-42(30-37)39-24-13-14-26-44(39)55(45)38-31-41(34-18-7-2-8-19-34)48-43(32-38)47-40(25-15-27-46(47)56-48)51-53-49(35-20-9-3-10-21-35)52-50(54-51)36-22-11-4-12-23-36/h1-32H. The van der Waals surface area contributed by atoms with Crippen LogP contribution in [0.3, 0.4) is 0 Å². The van der Waals surface area contributed by atoms with Crippen LogP contribution in [-0.4, -0.2) is 19.5 Å². The number of aromatic nitrogens is 4. The molecule has 5 nitrogen and oxygen atoms in total. The summed E-state index contributed by atoms with van der Waals surface area (Å²) in [7, 11) is 0. The first-order chi connectivity index (χ1) is 27.8. The number of nitrogens with zero attached hydrogens (tertiary/aromatic N) is 4. The zero-order valence-corrected chi connectivity index (χ0v) is 30.2. The number of rotatable bonds is 6. The molecule has 5 heteroatoms. The zero-order valence-electron chi connectivity index (χ0n) is 30.2. The van der Waals surface area contributed by atoms with E-state index in [0.29, 0.717) is 17.5 Å². The summed E-state index contributed by atoms with van der Waals surface area (Å²) in [6, 6.07) is 67.4. The van der Waals surface area contributed by atoms with Crippen LogP contribution in [0.25, 0.3) is 106 Å². The van der Waals surface area contributed by atoms with Gasteiger partial charge < -0.3 is 8.98 Å². The Labute approximate surface area is 322 Å². The highest BCUT2D eigenvalue weighted by Gasteiger charge is 2.22. The second-order valence-corrected chi connectivity index (χ2v) is 14.0. The second-order valence-electron chi connectivity index (χ2n) is 14.0. The Kier molecular flexibility index (Phi) is 7.42. The Bertz CT molecular complexity index is 3170. The third kappa shape index (κ3) is 5.29. The van der Waals surface area contributed by atoms with Crippen LogP contribution in [0.1, 0.15) is 0 Å². The molecule has 0 saturated carbocycles. The smallest absolute Gasteiger partial charge is 0.164 e. The average Bonchev–Trinajstić information content (AvgIpc) is 3.83. The van der Waals surface area contributed by atoms with Crippen molar-refractivity contribution in [1.82, 2.24) is 19.5 Å². The Balaban J connectivity index is 1.20. The lowest BCUT2D eigenvalue weighted by atomic mass is 9.99. The van der Waals surface area contributed by atoms with Crippen LogP contribution < -0.4 is 0 Å². The Morgan fingerprint density at radius 3 is 1.61 bits per heavy atom. The molecule has 262 valence electrons. The molecule has 11 aromatic rings. The van der Waals surface area contributed by atoms with Crippen molar-refractivity contribution in [2.24, 2.45) is 0 Å². The van der Waals surface area contributed by atoms with E-state index in [4.69, 9.17) is 19.4 Å². The van der Waals surface area contributed by atoms with Gasteiger partial charge >= 0.3 is 0 Å². The van der Waals surface area contributed by atoms with E-state index in [0.717, 1.165) is 66.5 Å². The lowest BCUT2D eigenvalue weighted by Gasteiger charge is -2.12. The second kappa shape index (κ2) is 13.0. The van der Waals surface area contributed by atoms with Crippen molar-refractivity contribution in [3.63, 3.8) is 0 Å². The molecule has 0 amide bonds. The predicted octanol–water partition coefficient (Wildman–Crippen LogP) is 13.2. The molecule has 0 radical (unpaired) electrons. The van der Waals surface area contributed by atoms with Crippen molar-refractivity contribution in [2.75, 3.05) is 0 Å². The summed E-state index contributed by atoms with van der Waals surface area (Å²) in [4.78, 5) is 15.2. The average molecular weight is 717 g/mol. The zero-order chi connectivity index (χ0) is 37.0. The first-order valence-electron chi connectivity index (χ1n) is 18.8. The summed E-state index contributed by atoms with van der Waals surface area (Å²) in [5, 5.41) is 4.35. The molecule has 3 heterocycles. The number of fused-ring (bicyclic) bond motifs is 6. The van der Waals surface area contributed by atoms with Gasteiger partial charge in [0.05, 0.1) is 11.0 Å². The minimum absolute atomic E-state index is 0.586. The van der Waals surface area contributed by atoms with Gasteiger partial charge in [0.25, 0.3) is 0 Å². The first-order valence-corrected chi connectivity index (χ1v) is 18.8. The fourth-order valence-electron chi connectivity index (χ4n) is 8.05. The van der Waals surface area contributed by atoms with Crippen molar-refractivity contribution in [3.8, 4) is 62.1 Å². The van der Waals surface area contributed by atoms with Crippen molar-refractivity contribution >= 4 is 43.7 Å². The summed E-state index contributed by atoms with van der Waals surface area (Å²) in [6.45, 7) is 0. The molecule has 8 aromatic carbocycles. The maximum absolute atomic E-state index is 6.86. The molecule has 0 fully saturated rings. The highest BCUT2D eigenvalue weighted by Crippen LogP contribution is 2.43. The quantitative estimate of drug-likeness (QED) is 0.172. The molecule has 0 saturated heterocycles. The van der Waals surface area contributed by atoms with E-state index in [1.54, 1.807) is 0 Å². The van der Waals surface area contributed by atoms with E-state index in [-0.39, 0.29) is 0 Å². The minimum Gasteiger partial charge on any atom is -0.455 e. The van der Waals surface area contributed by atoms with Crippen molar-refractivity contribution in [1.29, 1.82) is 0 Å². The van der Waals surface area contributed by atoms with Gasteiger partial charge in [0.2, 0.25) is 0 Å². The molecular formula is C51H32N4O. The molecule has 0 bridgehead atoms. The molecule has 0 spiro atoms. The molecule has 0 aliphatic rings. The molecule has 11 rings (SSSR count). The lowest BCUT2D eigenvalue weighted by Crippen LogP contribution is -2.00. The van der Waals surface area contributed by atoms with E-state index in [1.165, 1.54) is 21.9 Å². The van der Waals surface area contributed by atoms with Crippen LogP contribution in [-0.2, 0) is 0 Å². The van der Waals surface area contributed by atoms with Crippen LogP contribution in [0.4, 0.5) is 0 Å². The summed E-state index contributed by atoms with van der Waals surface area (Å²) in [5.74, 6) is 1.82. The van der Waals surface area contributed by atoms with Crippen LogP contribution in [0.2, 0.25) is 0 Å². The van der Waals surface area contributed by atoms with Crippen molar-refractivity contribution < 1.29 is 4.42 Å². The number of benzene rings is 8. The summed E-state index contributed by atoms with van der Waals surface area (Å²) >= 11 is 0. The van der Waals surface area contributed by atoms with Crippen LogP contribution >= 0.6 is 0 Å².